The summed E-state index contributed by atoms with van der Waals surface area (Å²) in [6.45, 7) is 4.56. The molecule has 3 nitrogen and oxygen atoms in total. The van der Waals surface area contributed by atoms with Gasteiger partial charge in [0, 0.05) is 37.3 Å². The number of benzene rings is 1. The molecule has 0 aromatic heterocycles. The van der Waals surface area contributed by atoms with Gasteiger partial charge >= 0.3 is 0 Å². The van der Waals surface area contributed by atoms with Gasteiger partial charge in [0.1, 0.15) is 0 Å². The third-order valence-electron chi connectivity index (χ3n) is 3.70. The normalized spacial score (nSPS) is 17.1. The predicted molar refractivity (Wildman–Crippen MR) is 81.9 cm³/mol. The average Bonchev–Trinajstić information content (AvgIpc) is 2.42. The standard InChI is InChI=1S/C15H23BrN2O/c1-18(10-12-4-6-19-7-5-12)11-14-3-2-13(9-17)8-15(14)16/h2-3,8,12H,4-7,9-11,17H2,1H3. The van der Waals surface area contributed by atoms with Gasteiger partial charge in [-0.25, -0.2) is 0 Å². The van der Waals surface area contributed by atoms with E-state index in [0.29, 0.717) is 6.54 Å². The number of nitrogens with two attached hydrogens (primary N) is 1. The van der Waals surface area contributed by atoms with E-state index in [2.05, 4.69) is 46.1 Å². The van der Waals surface area contributed by atoms with Crippen molar-refractivity contribution in [3.8, 4) is 0 Å². The van der Waals surface area contributed by atoms with E-state index in [1.807, 2.05) is 0 Å². The molecule has 0 atom stereocenters. The smallest absolute Gasteiger partial charge is 0.0469 e. The third kappa shape index (κ3) is 4.56. The van der Waals surface area contributed by atoms with Crippen LogP contribution >= 0.6 is 15.9 Å². The SMILES string of the molecule is CN(Cc1ccc(CN)cc1Br)CC1CCOCC1. The fourth-order valence-electron chi connectivity index (χ4n) is 2.57. The molecule has 1 heterocycles. The highest BCUT2D eigenvalue weighted by Gasteiger charge is 2.16. The van der Waals surface area contributed by atoms with Crippen LogP contribution in [0.1, 0.15) is 24.0 Å². The molecule has 0 amide bonds. The number of nitrogens with zero attached hydrogens (tertiary/aromatic N) is 1. The molecule has 4 heteroatoms. The van der Waals surface area contributed by atoms with Crippen LogP contribution < -0.4 is 5.73 Å². The minimum absolute atomic E-state index is 0.594. The minimum Gasteiger partial charge on any atom is -0.381 e. The van der Waals surface area contributed by atoms with Gasteiger partial charge in [-0.15, -0.1) is 0 Å². The van der Waals surface area contributed by atoms with Gasteiger partial charge in [-0.05, 0) is 43.0 Å². The van der Waals surface area contributed by atoms with E-state index in [1.165, 1.54) is 24.0 Å². The first-order valence-corrected chi connectivity index (χ1v) is 7.72. The zero-order valence-corrected chi connectivity index (χ0v) is 13.2. The molecule has 0 aliphatic carbocycles. The van der Waals surface area contributed by atoms with Crippen molar-refractivity contribution in [1.82, 2.24) is 4.90 Å². The first-order chi connectivity index (χ1) is 9.19. The first kappa shape index (κ1) is 15.0. The molecular formula is C15H23BrN2O. The number of halogens is 1. The molecule has 106 valence electrons. The van der Waals surface area contributed by atoms with Gasteiger partial charge in [0.25, 0.3) is 0 Å². The summed E-state index contributed by atoms with van der Waals surface area (Å²) in [5, 5.41) is 0. The van der Waals surface area contributed by atoms with E-state index in [0.717, 1.165) is 36.7 Å². The summed E-state index contributed by atoms with van der Waals surface area (Å²) < 4.78 is 6.57. The molecule has 2 rings (SSSR count). The highest BCUT2D eigenvalue weighted by atomic mass is 79.9. The summed E-state index contributed by atoms with van der Waals surface area (Å²) in [5.74, 6) is 0.779. The second-order valence-corrected chi connectivity index (χ2v) is 6.24. The second kappa shape index (κ2) is 7.39. The number of rotatable bonds is 5. The Morgan fingerprint density at radius 1 is 1.37 bits per heavy atom. The maximum atomic E-state index is 5.65. The molecule has 2 N–H and O–H groups in total. The summed E-state index contributed by atoms with van der Waals surface area (Å²) in [6, 6.07) is 6.41. The molecular weight excluding hydrogens is 304 g/mol. The van der Waals surface area contributed by atoms with E-state index < -0.39 is 0 Å². The molecule has 0 unspecified atom stereocenters. The van der Waals surface area contributed by atoms with Crippen LogP contribution in [0.25, 0.3) is 0 Å². The van der Waals surface area contributed by atoms with Crippen molar-refractivity contribution in [3.63, 3.8) is 0 Å². The Bertz CT molecular complexity index is 405. The lowest BCUT2D eigenvalue weighted by molar-refractivity contribution is 0.0549. The fourth-order valence-corrected chi connectivity index (χ4v) is 3.12. The van der Waals surface area contributed by atoms with Crippen LogP contribution in [-0.2, 0) is 17.8 Å². The molecule has 1 aliphatic heterocycles. The molecule has 0 saturated carbocycles. The molecule has 1 aromatic rings. The summed E-state index contributed by atoms with van der Waals surface area (Å²) in [5.41, 5.74) is 8.15. The Balaban J connectivity index is 1.88. The lowest BCUT2D eigenvalue weighted by atomic mass is 9.99. The predicted octanol–water partition coefficient (Wildman–Crippen LogP) is 2.77. The van der Waals surface area contributed by atoms with Crippen LogP contribution in [0.3, 0.4) is 0 Å². The van der Waals surface area contributed by atoms with Crippen LogP contribution in [0.4, 0.5) is 0 Å². The Morgan fingerprint density at radius 3 is 2.74 bits per heavy atom. The van der Waals surface area contributed by atoms with E-state index in [9.17, 15) is 0 Å². The zero-order valence-electron chi connectivity index (χ0n) is 11.6. The maximum Gasteiger partial charge on any atom is 0.0469 e. The molecule has 1 aliphatic rings. The number of hydrogen-bond acceptors (Lipinski definition) is 3. The molecule has 1 aromatic carbocycles. The van der Waals surface area contributed by atoms with Crippen LogP contribution in [0.5, 0.6) is 0 Å². The van der Waals surface area contributed by atoms with E-state index in [4.69, 9.17) is 10.5 Å². The summed E-state index contributed by atoms with van der Waals surface area (Å²) >= 11 is 3.64. The lowest BCUT2D eigenvalue weighted by Gasteiger charge is -2.27. The molecule has 0 bridgehead atoms. The Kier molecular flexibility index (Phi) is 5.82. The van der Waals surface area contributed by atoms with Gasteiger partial charge < -0.3 is 15.4 Å². The Hall–Kier alpha value is -0.420. The Morgan fingerprint density at radius 2 is 2.11 bits per heavy atom. The molecule has 0 radical (unpaired) electrons. The van der Waals surface area contributed by atoms with Gasteiger partial charge in [0.2, 0.25) is 0 Å². The van der Waals surface area contributed by atoms with Crippen LogP contribution in [-0.4, -0.2) is 31.7 Å². The van der Waals surface area contributed by atoms with Gasteiger partial charge in [-0.1, -0.05) is 28.1 Å². The number of hydrogen-bond donors (Lipinski definition) is 1. The van der Waals surface area contributed by atoms with Gasteiger partial charge in [0.15, 0.2) is 0 Å². The van der Waals surface area contributed by atoms with E-state index in [-0.39, 0.29) is 0 Å². The van der Waals surface area contributed by atoms with Gasteiger partial charge in [-0.2, -0.15) is 0 Å². The number of ether oxygens (including phenoxy) is 1. The highest BCUT2D eigenvalue weighted by molar-refractivity contribution is 9.10. The Labute approximate surface area is 124 Å². The average molecular weight is 327 g/mol. The quantitative estimate of drug-likeness (QED) is 0.904. The molecule has 1 fully saturated rings. The topological polar surface area (TPSA) is 38.5 Å². The summed E-state index contributed by atoms with van der Waals surface area (Å²) in [7, 11) is 2.19. The van der Waals surface area contributed by atoms with Crippen molar-refractivity contribution >= 4 is 15.9 Å². The monoisotopic (exact) mass is 326 g/mol. The molecule has 0 spiro atoms. The molecule has 1 saturated heterocycles. The van der Waals surface area contributed by atoms with Crippen molar-refractivity contribution in [2.45, 2.75) is 25.9 Å². The minimum atomic E-state index is 0.594. The van der Waals surface area contributed by atoms with Crippen molar-refractivity contribution in [2.24, 2.45) is 11.7 Å². The van der Waals surface area contributed by atoms with Crippen molar-refractivity contribution in [1.29, 1.82) is 0 Å². The molecule has 19 heavy (non-hydrogen) atoms. The first-order valence-electron chi connectivity index (χ1n) is 6.92. The van der Waals surface area contributed by atoms with Crippen LogP contribution in [0, 0.1) is 5.92 Å². The van der Waals surface area contributed by atoms with Gasteiger partial charge in [-0.3, -0.25) is 0 Å². The maximum absolute atomic E-state index is 5.65. The van der Waals surface area contributed by atoms with Gasteiger partial charge in [0.05, 0.1) is 0 Å². The third-order valence-corrected chi connectivity index (χ3v) is 4.44. The zero-order chi connectivity index (χ0) is 13.7. The van der Waals surface area contributed by atoms with Crippen molar-refractivity contribution < 1.29 is 4.74 Å². The van der Waals surface area contributed by atoms with Crippen molar-refractivity contribution in [2.75, 3.05) is 26.8 Å². The summed E-state index contributed by atoms with van der Waals surface area (Å²) in [6.07, 6.45) is 2.38. The largest absolute Gasteiger partial charge is 0.381 e. The lowest BCUT2D eigenvalue weighted by Crippen LogP contribution is -2.29. The van der Waals surface area contributed by atoms with Crippen LogP contribution in [0.15, 0.2) is 22.7 Å². The second-order valence-electron chi connectivity index (χ2n) is 5.38. The van der Waals surface area contributed by atoms with E-state index in [1.54, 1.807) is 0 Å². The fraction of sp³-hybridized carbons (Fsp3) is 0.600. The van der Waals surface area contributed by atoms with Crippen LogP contribution in [0.2, 0.25) is 0 Å². The highest BCUT2D eigenvalue weighted by Crippen LogP contribution is 2.21. The van der Waals surface area contributed by atoms with E-state index >= 15 is 0 Å². The van der Waals surface area contributed by atoms with Crippen molar-refractivity contribution in [3.05, 3.63) is 33.8 Å². The summed E-state index contributed by atoms with van der Waals surface area (Å²) in [4.78, 5) is 2.40.